The third kappa shape index (κ3) is 2.68. The Hall–Kier alpha value is -2.75. The molecule has 2 aromatic carbocycles. The fourth-order valence-corrected chi connectivity index (χ4v) is 2.90. The molecule has 0 unspecified atom stereocenters. The Morgan fingerprint density at radius 2 is 1.74 bits per heavy atom. The van der Waals surface area contributed by atoms with Gasteiger partial charge >= 0.3 is 5.97 Å². The number of aromatic carboxylic acids is 1. The van der Waals surface area contributed by atoms with E-state index in [2.05, 4.69) is 0 Å². The first kappa shape index (κ1) is 15.2. The summed E-state index contributed by atoms with van der Waals surface area (Å²) >= 11 is 0. The van der Waals surface area contributed by atoms with Crippen molar-refractivity contribution in [2.45, 2.75) is 20.4 Å². The fourth-order valence-electron chi connectivity index (χ4n) is 2.90. The van der Waals surface area contributed by atoms with Crippen molar-refractivity contribution in [2.75, 3.05) is 7.11 Å². The second-order valence-corrected chi connectivity index (χ2v) is 5.78. The largest absolute Gasteiger partial charge is 0.494 e. The molecule has 0 radical (unpaired) electrons. The second kappa shape index (κ2) is 5.80. The predicted octanol–water partition coefficient (Wildman–Crippen LogP) is 4.01. The average Bonchev–Trinajstić information content (AvgIpc) is 2.82. The fraction of sp³-hybridized carbons (Fsp3) is 0.211. The zero-order chi connectivity index (χ0) is 16.6. The molecule has 1 aromatic heterocycles. The molecule has 0 atom stereocenters. The lowest BCUT2D eigenvalue weighted by Gasteiger charge is -2.09. The van der Waals surface area contributed by atoms with Crippen molar-refractivity contribution >= 4 is 16.9 Å². The third-order valence-electron chi connectivity index (χ3n) is 4.04. The van der Waals surface area contributed by atoms with E-state index in [0.29, 0.717) is 12.3 Å². The number of benzene rings is 2. The quantitative estimate of drug-likeness (QED) is 0.792. The smallest absolute Gasteiger partial charge is 0.356 e. The van der Waals surface area contributed by atoms with Crippen LogP contribution < -0.4 is 4.74 Å². The van der Waals surface area contributed by atoms with Gasteiger partial charge in [-0.1, -0.05) is 41.5 Å². The van der Waals surface area contributed by atoms with Crippen LogP contribution in [0.3, 0.4) is 0 Å². The molecule has 1 N–H and O–H groups in total. The van der Waals surface area contributed by atoms with Gasteiger partial charge in [0.25, 0.3) is 0 Å². The molecule has 0 saturated carbocycles. The number of carboxylic acids is 1. The number of nitrogens with zero attached hydrogens (tertiary/aromatic N) is 1. The molecule has 0 aliphatic carbocycles. The standard InChI is InChI=1S/C19H19NO3/c1-12-4-7-14(8-5-12)11-20-16-9-6-13(2)10-15(16)18(23-3)17(20)19(21)22/h4-10H,11H2,1-3H3,(H,21,22). The maximum absolute atomic E-state index is 11.8. The van der Waals surface area contributed by atoms with Crippen LogP contribution in [-0.4, -0.2) is 22.8 Å². The van der Waals surface area contributed by atoms with Gasteiger partial charge in [0, 0.05) is 11.9 Å². The average molecular weight is 309 g/mol. The molecule has 4 nitrogen and oxygen atoms in total. The Labute approximate surface area is 134 Å². The summed E-state index contributed by atoms with van der Waals surface area (Å²) in [7, 11) is 1.51. The maximum atomic E-state index is 11.8. The molecule has 1 heterocycles. The number of aromatic nitrogens is 1. The molecule has 118 valence electrons. The van der Waals surface area contributed by atoms with Crippen molar-refractivity contribution < 1.29 is 14.6 Å². The first-order valence-electron chi connectivity index (χ1n) is 7.47. The summed E-state index contributed by atoms with van der Waals surface area (Å²) in [5, 5.41) is 10.5. The minimum absolute atomic E-state index is 0.189. The minimum atomic E-state index is -0.984. The lowest BCUT2D eigenvalue weighted by atomic mass is 10.1. The van der Waals surface area contributed by atoms with Crippen molar-refractivity contribution in [3.8, 4) is 5.75 Å². The van der Waals surface area contributed by atoms with Crippen LogP contribution in [0.4, 0.5) is 0 Å². The van der Waals surface area contributed by atoms with Crippen molar-refractivity contribution in [3.63, 3.8) is 0 Å². The van der Waals surface area contributed by atoms with Gasteiger partial charge in [-0.15, -0.1) is 0 Å². The summed E-state index contributed by atoms with van der Waals surface area (Å²) in [5.41, 5.74) is 4.36. The molecule has 0 fully saturated rings. The van der Waals surface area contributed by atoms with E-state index in [1.165, 1.54) is 12.7 Å². The van der Waals surface area contributed by atoms with Crippen LogP contribution >= 0.6 is 0 Å². The van der Waals surface area contributed by atoms with Crippen LogP contribution in [0.25, 0.3) is 10.9 Å². The summed E-state index contributed by atoms with van der Waals surface area (Å²) in [6.45, 7) is 4.50. The molecule has 3 rings (SSSR count). The second-order valence-electron chi connectivity index (χ2n) is 5.78. The number of carboxylic acid groups (broad SMARTS) is 1. The molecule has 23 heavy (non-hydrogen) atoms. The number of ether oxygens (including phenoxy) is 1. The van der Waals surface area contributed by atoms with Crippen molar-refractivity contribution in [1.82, 2.24) is 4.57 Å². The Bertz CT molecular complexity index is 876. The molecule has 3 aromatic rings. The van der Waals surface area contributed by atoms with Crippen LogP contribution in [-0.2, 0) is 6.54 Å². The summed E-state index contributed by atoms with van der Waals surface area (Å²) in [6, 6.07) is 14.0. The highest BCUT2D eigenvalue weighted by Crippen LogP contribution is 2.34. The molecule has 0 aliphatic heterocycles. The summed E-state index contributed by atoms with van der Waals surface area (Å²) < 4.78 is 7.22. The summed E-state index contributed by atoms with van der Waals surface area (Å²) in [4.78, 5) is 11.8. The molecule has 0 spiro atoms. The Kier molecular flexibility index (Phi) is 3.82. The van der Waals surface area contributed by atoms with E-state index >= 15 is 0 Å². The first-order chi connectivity index (χ1) is 11.0. The minimum Gasteiger partial charge on any atom is -0.494 e. The zero-order valence-electron chi connectivity index (χ0n) is 13.5. The number of rotatable bonds is 4. The van der Waals surface area contributed by atoms with Crippen LogP contribution in [0.5, 0.6) is 5.75 Å². The van der Waals surface area contributed by atoms with Gasteiger partial charge in [0.1, 0.15) is 0 Å². The molecular weight excluding hydrogens is 290 g/mol. The summed E-state index contributed by atoms with van der Waals surface area (Å²) in [5.74, 6) is -0.564. The number of aryl methyl sites for hydroxylation is 2. The van der Waals surface area contributed by atoms with E-state index in [-0.39, 0.29) is 5.69 Å². The van der Waals surface area contributed by atoms with Gasteiger partial charge in [0.05, 0.1) is 12.6 Å². The number of carbonyl (C=O) groups is 1. The SMILES string of the molecule is COc1c(C(=O)O)n(Cc2ccc(C)cc2)c2ccc(C)cc12. The van der Waals surface area contributed by atoms with Gasteiger partial charge in [-0.05, 0) is 31.5 Å². The van der Waals surface area contributed by atoms with E-state index in [0.717, 1.165) is 22.0 Å². The molecule has 0 amide bonds. The topological polar surface area (TPSA) is 51.5 Å². The predicted molar refractivity (Wildman–Crippen MR) is 90.5 cm³/mol. The van der Waals surface area contributed by atoms with Crippen LogP contribution in [0.2, 0.25) is 0 Å². The van der Waals surface area contributed by atoms with E-state index in [1.807, 2.05) is 56.3 Å². The molecule has 0 saturated heterocycles. The highest BCUT2D eigenvalue weighted by Gasteiger charge is 2.23. The maximum Gasteiger partial charge on any atom is 0.356 e. The van der Waals surface area contributed by atoms with Crippen LogP contribution in [0, 0.1) is 13.8 Å². The van der Waals surface area contributed by atoms with Gasteiger partial charge in [-0.3, -0.25) is 0 Å². The Morgan fingerprint density at radius 3 is 2.35 bits per heavy atom. The molecular formula is C19H19NO3. The first-order valence-corrected chi connectivity index (χ1v) is 7.47. The molecule has 4 heteroatoms. The number of hydrogen-bond donors (Lipinski definition) is 1. The van der Waals surface area contributed by atoms with E-state index < -0.39 is 5.97 Å². The van der Waals surface area contributed by atoms with Gasteiger partial charge in [0.2, 0.25) is 0 Å². The highest BCUT2D eigenvalue weighted by molar-refractivity contribution is 6.01. The number of methoxy groups -OCH3 is 1. The monoisotopic (exact) mass is 309 g/mol. The molecule has 0 aliphatic rings. The van der Waals surface area contributed by atoms with E-state index in [9.17, 15) is 9.90 Å². The van der Waals surface area contributed by atoms with E-state index in [1.54, 1.807) is 4.57 Å². The van der Waals surface area contributed by atoms with Gasteiger partial charge in [-0.25, -0.2) is 4.79 Å². The number of fused-ring (bicyclic) bond motifs is 1. The van der Waals surface area contributed by atoms with Crippen LogP contribution in [0.1, 0.15) is 27.2 Å². The van der Waals surface area contributed by atoms with Crippen molar-refractivity contribution in [2.24, 2.45) is 0 Å². The number of hydrogen-bond acceptors (Lipinski definition) is 2. The molecule has 0 bridgehead atoms. The lowest BCUT2D eigenvalue weighted by molar-refractivity contribution is 0.0682. The normalized spacial score (nSPS) is 10.9. The van der Waals surface area contributed by atoms with Gasteiger partial charge in [-0.2, -0.15) is 0 Å². The van der Waals surface area contributed by atoms with Crippen molar-refractivity contribution in [1.29, 1.82) is 0 Å². The van der Waals surface area contributed by atoms with Gasteiger partial charge in [0.15, 0.2) is 11.4 Å². The lowest BCUT2D eigenvalue weighted by Crippen LogP contribution is -2.10. The highest BCUT2D eigenvalue weighted by atomic mass is 16.5. The zero-order valence-corrected chi connectivity index (χ0v) is 13.5. The van der Waals surface area contributed by atoms with Gasteiger partial charge < -0.3 is 14.4 Å². The Balaban J connectivity index is 2.23. The summed E-state index contributed by atoms with van der Waals surface area (Å²) in [6.07, 6.45) is 0. The third-order valence-corrected chi connectivity index (χ3v) is 4.04. The Morgan fingerprint density at radius 1 is 1.09 bits per heavy atom. The van der Waals surface area contributed by atoms with Crippen molar-refractivity contribution in [3.05, 3.63) is 64.8 Å². The van der Waals surface area contributed by atoms with Crippen LogP contribution in [0.15, 0.2) is 42.5 Å². The van der Waals surface area contributed by atoms with E-state index in [4.69, 9.17) is 4.74 Å².